The highest BCUT2D eigenvalue weighted by atomic mass is 32.1. The van der Waals surface area contributed by atoms with Crippen LogP contribution >= 0.6 is 12.2 Å². The number of hydrogen-bond acceptors (Lipinski definition) is 5. The largest absolute Gasteiger partial charge is 0.497 e. The molecule has 6 nitrogen and oxygen atoms in total. The molecule has 1 aromatic heterocycles. The Bertz CT molecular complexity index is 806. The van der Waals surface area contributed by atoms with E-state index in [4.69, 9.17) is 21.7 Å². The van der Waals surface area contributed by atoms with Gasteiger partial charge in [0.05, 0.1) is 14.2 Å². The Kier molecular flexibility index (Phi) is 4.49. The number of H-pyrrole nitrogens is 2. The zero-order valence-corrected chi connectivity index (χ0v) is 14.0. The molecule has 2 N–H and O–H groups in total. The van der Waals surface area contributed by atoms with Gasteiger partial charge in [0, 0.05) is 37.0 Å². The van der Waals surface area contributed by atoms with Gasteiger partial charge in [0.15, 0.2) is 4.77 Å². The molecule has 0 saturated carbocycles. The summed E-state index contributed by atoms with van der Waals surface area (Å²) < 4.78 is 11.0. The van der Waals surface area contributed by atoms with Crippen molar-refractivity contribution in [2.24, 2.45) is 0 Å². The first-order valence-corrected chi connectivity index (χ1v) is 7.78. The van der Waals surface area contributed by atoms with E-state index in [1.165, 1.54) is 0 Å². The number of aromatic nitrogens is 2. The predicted molar refractivity (Wildman–Crippen MR) is 89.6 cm³/mol. The maximum Gasteiger partial charge on any atom is 0.255 e. The summed E-state index contributed by atoms with van der Waals surface area (Å²) >= 11 is 5.06. The maximum atomic E-state index is 11.9. The first kappa shape index (κ1) is 15.8. The van der Waals surface area contributed by atoms with Crippen LogP contribution in [-0.4, -0.2) is 35.6 Å². The average molecular weight is 333 g/mol. The summed E-state index contributed by atoms with van der Waals surface area (Å²) in [5, 5.41) is 0. The molecule has 3 rings (SSSR count). The molecule has 1 aliphatic heterocycles. The van der Waals surface area contributed by atoms with Crippen molar-refractivity contribution < 1.29 is 9.47 Å². The van der Waals surface area contributed by atoms with Crippen LogP contribution in [0.2, 0.25) is 0 Å². The SMILES string of the molecule is COc1cc(CN2CCc3c([nH]c(=S)[nH]c3=O)C2)cc(OC)c1. The van der Waals surface area contributed by atoms with Crippen LogP contribution in [0.3, 0.4) is 0 Å². The molecule has 122 valence electrons. The lowest BCUT2D eigenvalue weighted by atomic mass is 10.1. The van der Waals surface area contributed by atoms with Crippen LogP contribution in [0.15, 0.2) is 23.0 Å². The van der Waals surface area contributed by atoms with Crippen LogP contribution < -0.4 is 15.0 Å². The Morgan fingerprint density at radius 3 is 2.52 bits per heavy atom. The van der Waals surface area contributed by atoms with E-state index in [-0.39, 0.29) is 5.56 Å². The zero-order valence-electron chi connectivity index (χ0n) is 13.1. The van der Waals surface area contributed by atoms with E-state index in [1.54, 1.807) is 14.2 Å². The number of fused-ring (bicyclic) bond motifs is 1. The number of benzene rings is 1. The van der Waals surface area contributed by atoms with Gasteiger partial charge in [-0.15, -0.1) is 0 Å². The lowest BCUT2D eigenvalue weighted by molar-refractivity contribution is 0.239. The fourth-order valence-electron chi connectivity index (χ4n) is 2.88. The monoisotopic (exact) mass is 333 g/mol. The Balaban J connectivity index is 1.82. The van der Waals surface area contributed by atoms with Gasteiger partial charge in [-0.25, -0.2) is 0 Å². The molecule has 1 aliphatic rings. The lowest BCUT2D eigenvalue weighted by Crippen LogP contribution is -2.34. The van der Waals surface area contributed by atoms with Gasteiger partial charge in [-0.05, 0) is 36.3 Å². The quantitative estimate of drug-likeness (QED) is 0.838. The Morgan fingerprint density at radius 1 is 1.17 bits per heavy atom. The predicted octanol–water partition coefficient (Wildman–Crippen LogP) is 2.01. The van der Waals surface area contributed by atoms with Gasteiger partial charge in [0.2, 0.25) is 0 Å². The molecule has 0 bridgehead atoms. The lowest BCUT2D eigenvalue weighted by Gasteiger charge is -2.28. The number of aromatic amines is 2. The summed E-state index contributed by atoms with van der Waals surface area (Å²) in [7, 11) is 3.28. The first-order chi connectivity index (χ1) is 11.1. The molecule has 2 heterocycles. The van der Waals surface area contributed by atoms with Crippen LogP contribution in [0.5, 0.6) is 11.5 Å². The van der Waals surface area contributed by atoms with E-state index in [0.717, 1.165) is 41.4 Å². The van der Waals surface area contributed by atoms with Gasteiger partial charge < -0.3 is 14.5 Å². The van der Waals surface area contributed by atoms with Gasteiger partial charge >= 0.3 is 0 Å². The molecule has 0 fully saturated rings. The molecule has 0 unspecified atom stereocenters. The van der Waals surface area contributed by atoms with E-state index in [0.29, 0.717) is 17.7 Å². The summed E-state index contributed by atoms with van der Waals surface area (Å²) in [5.41, 5.74) is 2.73. The fraction of sp³-hybridized carbons (Fsp3) is 0.375. The standard InChI is InChI=1S/C16H19N3O3S/c1-21-11-5-10(6-12(7-11)22-2)8-19-4-3-13-14(9-19)17-16(23)18-15(13)20/h5-7H,3-4,8-9H2,1-2H3,(H2,17,18,20,23). The molecule has 7 heteroatoms. The molecule has 0 radical (unpaired) electrons. The summed E-state index contributed by atoms with van der Waals surface area (Å²) in [6, 6.07) is 5.85. The third-order valence-electron chi connectivity index (χ3n) is 4.01. The third-order valence-corrected chi connectivity index (χ3v) is 4.21. The van der Waals surface area contributed by atoms with Crippen molar-refractivity contribution in [2.75, 3.05) is 20.8 Å². The van der Waals surface area contributed by atoms with Crippen LogP contribution in [0.1, 0.15) is 16.8 Å². The van der Waals surface area contributed by atoms with Crippen molar-refractivity contribution in [3.05, 3.63) is 50.1 Å². The van der Waals surface area contributed by atoms with Crippen molar-refractivity contribution in [1.29, 1.82) is 0 Å². The molecule has 23 heavy (non-hydrogen) atoms. The van der Waals surface area contributed by atoms with Crippen LogP contribution in [0.4, 0.5) is 0 Å². The zero-order chi connectivity index (χ0) is 16.4. The van der Waals surface area contributed by atoms with E-state index < -0.39 is 0 Å². The number of nitrogens with zero attached hydrogens (tertiary/aromatic N) is 1. The molecule has 0 amide bonds. The molecule has 0 spiro atoms. The summed E-state index contributed by atoms with van der Waals surface area (Å²) in [4.78, 5) is 19.9. The highest BCUT2D eigenvalue weighted by molar-refractivity contribution is 7.71. The number of ether oxygens (including phenoxy) is 2. The van der Waals surface area contributed by atoms with Crippen molar-refractivity contribution in [1.82, 2.24) is 14.9 Å². The smallest absolute Gasteiger partial charge is 0.255 e. The molecule has 2 aromatic rings. The van der Waals surface area contributed by atoms with Crippen LogP contribution in [-0.2, 0) is 19.5 Å². The molecule has 1 aromatic carbocycles. The summed E-state index contributed by atoms with van der Waals surface area (Å²) in [6.45, 7) is 2.24. The van der Waals surface area contributed by atoms with Crippen molar-refractivity contribution in [3.63, 3.8) is 0 Å². The maximum absolute atomic E-state index is 11.9. The second-order valence-electron chi connectivity index (χ2n) is 5.55. The number of hydrogen-bond donors (Lipinski definition) is 2. The Labute approximate surface area is 139 Å². The van der Waals surface area contributed by atoms with Gasteiger partial charge in [0.25, 0.3) is 5.56 Å². The van der Waals surface area contributed by atoms with Crippen molar-refractivity contribution >= 4 is 12.2 Å². The van der Waals surface area contributed by atoms with Crippen molar-refractivity contribution in [3.8, 4) is 11.5 Å². The Hall–Kier alpha value is -2.12. The topological polar surface area (TPSA) is 70.3 Å². The van der Waals surface area contributed by atoms with Crippen LogP contribution in [0, 0.1) is 4.77 Å². The number of rotatable bonds is 4. The van der Waals surface area contributed by atoms with E-state index >= 15 is 0 Å². The summed E-state index contributed by atoms with van der Waals surface area (Å²) in [6.07, 6.45) is 0.706. The Morgan fingerprint density at radius 2 is 1.87 bits per heavy atom. The minimum absolute atomic E-state index is 0.0774. The van der Waals surface area contributed by atoms with E-state index in [1.807, 2.05) is 18.2 Å². The summed E-state index contributed by atoms with van der Waals surface area (Å²) in [5.74, 6) is 1.54. The molecule has 0 atom stereocenters. The average Bonchev–Trinajstić information content (AvgIpc) is 2.53. The molecule has 0 aliphatic carbocycles. The highest BCUT2D eigenvalue weighted by Gasteiger charge is 2.19. The number of methoxy groups -OCH3 is 2. The van der Waals surface area contributed by atoms with Gasteiger partial charge in [-0.3, -0.25) is 14.7 Å². The fourth-order valence-corrected chi connectivity index (χ4v) is 3.10. The number of nitrogens with one attached hydrogen (secondary N) is 2. The normalized spacial score (nSPS) is 14.3. The van der Waals surface area contributed by atoms with Crippen LogP contribution in [0.25, 0.3) is 0 Å². The second kappa shape index (κ2) is 6.55. The van der Waals surface area contributed by atoms with Gasteiger partial charge in [-0.2, -0.15) is 0 Å². The highest BCUT2D eigenvalue weighted by Crippen LogP contribution is 2.24. The molecule has 0 saturated heterocycles. The minimum atomic E-state index is -0.0774. The third kappa shape index (κ3) is 3.46. The van der Waals surface area contributed by atoms with E-state index in [2.05, 4.69) is 14.9 Å². The van der Waals surface area contributed by atoms with Gasteiger partial charge in [-0.1, -0.05) is 0 Å². The molecular weight excluding hydrogens is 314 g/mol. The first-order valence-electron chi connectivity index (χ1n) is 7.37. The van der Waals surface area contributed by atoms with Crippen molar-refractivity contribution in [2.45, 2.75) is 19.5 Å². The van der Waals surface area contributed by atoms with E-state index in [9.17, 15) is 4.79 Å². The molecular formula is C16H19N3O3S. The van der Waals surface area contributed by atoms with Gasteiger partial charge in [0.1, 0.15) is 11.5 Å². The minimum Gasteiger partial charge on any atom is -0.497 e. The second-order valence-corrected chi connectivity index (χ2v) is 5.96.